The van der Waals surface area contributed by atoms with Crippen LogP contribution in [0.1, 0.15) is 17.5 Å². The number of allylic oxidation sites excluding steroid dienone is 1. The molecule has 0 radical (unpaired) electrons. The molecule has 0 aromatic heterocycles. The molecule has 2 aromatic rings. The molecule has 3 atom stereocenters. The van der Waals surface area contributed by atoms with Gasteiger partial charge in [-0.05, 0) is 36.2 Å². The third-order valence-corrected chi connectivity index (χ3v) is 7.51. The highest BCUT2D eigenvalue weighted by Gasteiger charge is 2.59. The van der Waals surface area contributed by atoms with Crippen LogP contribution in [-0.4, -0.2) is 62.9 Å². The van der Waals surface area contributed by atoms with E-state index < -0.39 is 69.5 Å². The summed E-state index contributed by atoms with van der Waals surface area (Å²) in [5.74, 6) is -0.962. The van der Waals surface area contributed by atoms with Gasteiger partial charge in [0.15, 0.2) is 0 Å². The number of carbonyl (C=O) groups excluding carboxylic acids is 2. The molecule has 1 heterocycles. The van der Waals surface area contributed by atoms with Crippen molar-refractivity contribution < 1.29 is 49.9 Å². The Morgan fingerprint density at radius 2 is 1.79 bits per heavy atom. The first kappa shape index (κ1) is 29.1. The molecule has 0 saturated carbocycles. The van der Waals surface area contributed by atoms with Gasteiger partial charge in [0, 0.05) is 0 Å². The molecule has 0 aliphatic carbocycles. The van der Waals surface area contributed by atoms with Gasteiger partial charge in [0.25, 0.3) is 10.1 Å². The highest BCUT2D eigenvalue weighted by Crippen LogP contribution is 2.43. The van der Waals surface area contributed by atoms with Crippen LogP contribution in [0.4, 0.5) is 18.0 Å². The quantitative estimate of drug-likeness (QED) is 0.283. The van der Waals surface area contributed by atoms with E-state index in [1.807, 2.05) is 0 Å². The lowest BCUT2D eigenvalue weighted by Crippen LogP contribution is -2.52. The molecule has 9 nitrogen and oxygen atoms in total. The summed E-state index contributed by atoms with van der Waals surface area (Å²) in [5.41, 5.74) is -2.11. The number of benzene rings is 2. The number of amides is 1. The molecular formula is C25H26F3NO8S. The molecule has 3 unspecified atom stereocenters. The number of methoxy groups -OCH3 is 1. The molecule has 13 heteroatoms. The van der Waals surface area contributed by atoms with Crippen molar-refractivity contribution in [1.82, 2.24) is 4.90 Å². The number of rotatable bonds is 9. The maximum absolute atomic E-state index is 12.9. The maximum atomic E-state index is 12.9. The first-order chi connectivity index (χ1) is 17.9. The predicted octanol–water partition coefficient (Wildman–Crippen LogP) is 3.53. The van der Waals surface area contributed by atoms with Crippen molar-refractivity contribution in [3.63, 3.8) is 0 Å². The zero-order valence-corrected chi connectivity index (χ0v) is 21.1. The SMILES string of the molecule is C=CCC1(COS(=O)(=O)c2ccc(C(F)(F)F)cc2)C(O)CN(C(=O)OCc2ccccc2)C1C(=O)OC. The molecule has 1 N–H and O–H groups in total. The van der Waals surface area contributed by atoms with E-state index in [9.17, 15) is 36.3 Å². The molecular weight excluding hydrogens is 531 g/mol. The zero-order chi connectivity index (χ0) is 28.1. The van der Waals surface area contributed by atoms with Gasteiger partial charge in [-0.25, -0.2) is 9.59 Å². The Hall–Kier alpha value is -3.42. The molecule has 3 rings (SSSR count). The smallest absolute Gasteiger partial charge is 0.416 e. The van der Waals surface area contributed by atoms with Crippen molar-refractivity contribution in [3.8, 4) is 0 Å². The van der Waals surface area contributed by atoms with Crippen molar-refractivity contribution in [3.05, 3.63) is 78.4 Å². The minimum Gasteiger partial charge on any atom is -0.467 e. The fourth-order valence-electron chi connectivity index (χ4n) is 4.24. The van der Waals surface area contributed by atoms with Crippen LogP contribution in [-0.2, 0) is 41.4 Å². The molecule has 206 valence electrons. The van der Waals surface area contributed by atoms with Crippen LogP contribution in [0.2, 0.25) is 0 Å². The number of nitrogens with zero attached hydrogens (tertiary/aromatic N) is 1. The average Bonchev–Trinajstić information content (AvgIpc) is 3.18. The summed E-state index contributed by atoms with van der Waals surface area (Å²) in [7, 11) is -3.57. The van der Waals surface area contributed by atoms with Crippen molar-refractivity contribution in [1.29, 1.82) is 0 Å². The fraction of sp³-hybridized carbons (Fsp3) is 0.360. The van der Waals surface area contributed by atoms with Crippen LogP contribution < -0.4 is 0 Å². The third kappa shape index (κ3) is 6.17. The second-order valence-corrected chi connectivity index (χ2v) is 10.2. The lowest BCUT2D eigenvalue weighted by atomic mass is 9.76. The normalized spacial score (nSPS) is 21.7. The standard InChI is InChI=1S/C25H26F3NO8S/c1-3-13-24(16-37-38(33,34)19-11-9-18(10-12-19)25(26,27)28)20(30)14-29(21(24)22(31)35-2)23(32)36-15-17-7-5-4-6-8-17/h3-12,20-21,30H,1,13-16H2,2H3. The van der Waals surface area contributed by atoms with Crippen LogP contribution in [0, 0.1) is 5.41 Å². The summed E-state index contributed by atoms with van der Waals surface area (Å²) >= 11 is 0. The molecule has 38 heavy (non-hydrogen) atoms. The van der Waals surface area contributed by atoms with Gasteiger partial charge in [-0.2, -0.15) is 21.6 Å². The van der Waals surface area contributed by atoms with Crippen LogP contribution in [0.5, 0.6) is 0 Å². The van der Waals surface area contributed by atoms with E-state index in [2.05, 4.69) is 6.58 Å². The van der Waals surface area contributed by atoms with E-state index in [1.165, 1.54) is 6.08 Å². The Bertz CT molecular complexity index is 1250. The molecule has 1 fully saturated rings. The summed E-state index contributed by atoms with van der Waals surface area (Å²) < 4.78 is 79.4. The molecule has 1 saturated heterocycles. The summed E-state index contributed by atoms with van der Waals surface area (Å²) in [6.45, 7) is 2.24. The number of esters is 1. The van der Waals surface area contributed by atoms with Gasteiger partial charge < -0.3 is 14.6 Å². The van der Waals surface area contributed by atoms with Gasteiger partial charge in [0.2, 0.25) is 0 Å². The van der Waals surface area contributed by atoms with Crippen molar-refractivity contribution >= 4 is 22.2 Å². The van der Waals surface area contributed by atoms with Crippen molar-refractivity contribution in [2.24, 2.45) is 5.41 Å². The van der Waals surface area contributed by atoms with Gasteiger partial charge in [-0.3, -0.25) is 9.08 Å². The first-order valence-electron chi connectivity index (χ1n) is 11.3. The van der Waals surface area contributed by atoms with Crippen LogP contribution in [0.3, 0.4) is 0 Å². The first-order valence-corrected chi connectivity index (χ1v) is 12.7. The highest BCUT2D eigenvalue weighted by molar-refractivity contribution is 7.86. The van der Waals surface area contributed by atoms with Gasteiger partial charge in [0.05, 0.1) is 42.2 Å². The number of hydrogen-bond acceptors (Lipinski definition) is 8. The number of ether oxygens (including phenoxy) is 2. The van der Waals surface area contributed by atoms with E-state index in [0.717, 1.165) is 24.1 Å². The maximum Gasteiger partial charge on any atom is 0.416 e. The second kappa shape index (κ2) is 11.5. The average molecular weight is 558 g/mol. The van der Waals surface area contributed by atoms with Gasteiger partial charge >= 0.3 is 18.2 Å². The van der Waals surface area contributed by atoms with E-state index in [1.54, 1.807) is 30.3 Å². The largest absolute Gasteiger partial charge is 0.467 e. The minimum atomic E-state index is -4.67. The van der Waals surface area contributed by atoms with Crippen molar-refractivity contribution in [2.75, 3.05) is 20.3 Å². The molecule has 1 aliphatic rings. The van der Waals surface area contributed by atoms with Crippen LogP contribution in [0.25, 0.3) is 0 Å². The molecule has 0 spiro atoms. The number of halogens is 3. The Morgan fingerprint density at radius 1 is 1.16 bits per heavy atom. The summed E-state index contributed by atoms with van der Waals surface area (Å²) in [6, 6.07) is 9.79. The number of hydrogen-bond donors (Lipinski definition) is 1. The number of β-amino-alcohol motifs (C(OH)–C–C–N with tert-alkyl or cyclic N) is 1. The van der Waals surface area contributed by atoms with E-state index in [0.29, 0.717) is 17.7 Å². The highest BCUT2D eigenvalue weighted by atomic mass is 32.2. The number of alkyl halides is 3. The number of aliphatic hydroxyl groups excluding tert-OH is 1. The molecule has 2 aromatic carbocycles. The van der Waals surface area contributed by atoms with Gasteiger partial charge in [0.1, 0.15) is 12.6 Å². The molecule has 1 aliphatic heterocycles. The lowest BCUT2D eigenvalue weighted by molar-refractivity contribution is -0.151. The Morgan fingerprint density at radius 3 is 2.34 bits per heavy atom. The Kier molecular flexibility index (Phi) is 8.85. The van der Waals surface area contributed by atoms with Crippen molar-refractivity contribution in [2.45, 2.75) is 36.2 Å². The third-order valence-electron chi connectivity index (χ3n) is 6.23. The van der Waals surface area contributed by atoms with Gasteiger partial charge in [-0.1, -0.05) is 36.4 Å². The second-order valence-electron chi connectivity index (χ2n) is 8.60. The Labute approximate surface area is 217 Å². The molecule has 0 bridgehead atoms. The predicted molar refractivity (Wildman–Crippen MR) is 127 cm³/mol. The summed E-state index contributed by atoms with van der Waals surface area (Å²) in [6.07, 6.45) is -5.97. The lowest BCUT2D eigenvalue weighted by Gasteiger charge is -2.36. The van der Waals surface area contributed by atoms with E-state index in [-0.39, 0.29) is 13.0 Å². The summed E-state index contributed by atoms with van der Waals surface area (Å²) in [4.78, 5) is 26.1. The van der Waals surface area contributed by atoms with E-state index >= 15 is 0 Å². The van der Waals surface area contributed by atoms with Crippen LogP contribution in [0.15, 0.2) is 72.1 Å². The number of carbonyl (C=O) groups is 2. The summed E-state index contributed by atoms with van der Waals surface area (Å²) in [5, 5.41) is 11.0. The zero-order valence-electron chi connectivity index (χ0n) is 20.3. The number of aliphatic hydroxyl groups is 1. The fourth-order valence-corrected chi connectivity index (χ4v) is 5.22. The van der Waals surface area contributed by atoms with Gasteiger partial charge in [-0.15, -0.1) is 6.58 Å². The monoisotopic (exact) mass is 557 g/mol. The Balaban J connectivity index is 1.86. The number of likely N-dealkylation sites (tertiary alicyclic amines) is 1. The topological polar surface area (TPSA) is 119 Å². The molecule has 1 amide bonds. The van der Waals surface area contributed by atoms with E-state index in [4.69, 9.17) is 13.7 Å². The minimum absolute atomic E-state index is 0.132. The van der Waals surface area contributed by atoms with Crippen LogP contribution >= 0.6 is 0 Å².